The van der Waals surface area contributed by atoms with E-state index >= 15 is 0 Å². The summed E-state index contributed by atoms with van der Waals surface area (Å²) < 4.78 is 27.2. The topological polar surface area (TPSA) is 78.5 Å². The zero-order valence-corrected chi connectivity index (χ0v) is 16.9. The van der Waals surface area contributed by atoms with Crippen LogP contribution in [0.2, 0.25) is 0 Å². The lowest BCUT2D eigenvalue weighted by atomic mass is 9.86. The second-order valence-electron chi connectivity index (χ2n) is 7.89. The van der Waals surface area contributed by atoms with Crippen LogP contribution in [-0.4, -0.2) is 39.2 Å². The molecule has 1 heterocycles. The molecule has 0 bridgehead atoms. The average molecular weight is 394 g/mol. The van der Waals surface area contributed by atoms with E-state index in [1.54, 1.807) is 12.1 Å². The van der Waals surface area contributed by atoms with Crippen molar-refractivity contribution < 1.29 is 13.2 Å². The summed E-state index contributed by atoms with van der Waals surface area (Å²) in [5, 5.41) is 2.90. The molecule has 1 saturated heterocycles. The van der Waals surface area contributed by atoms with E-state index in [4.69, 9.17) is 0 Å². The highest BCUT2D eigenvalue weighted by atomic mass is 32.2. The van der Waals surface area contributed by atoms with Crippen molar-refractivity contribution >= 4 is 27.3 Å². The van der Waals surface area contributed by atoms with Gasteiger partial charge in [0.1, 0.15) is 5.75 Å². The number of benzene rings is 1. The van der Waals surface area contributed by atoms with Gasteiger partial charge in [0.05, 0.1) is 0 Å². The van der Waals surface area contributed by atoms with Gasteiger partial charge in [-0.3, -0.25) is 9.52 Å². The largest absolute Gasteiger partial charge is 0.372 e. The fourth-order valence-electron chi connectivity index (χ4n) is 4.06. The maximum atomic E-state index is 12.3. The van der Waals surface area contributed by atoms with Crippen LogP contribution in [0.25, 0.3) is 0 Å². The van der Waals surface area contributed by atoms with Gasteiger partial charge < -0.3 is 10.2 Å². The lowest BCUT2D eigenvalue weighted by Gasteiger charge is -2.29. The molecule has 2 fully saturated rings. The van der Waals surface area contributed by atoms with E-state index in [0.29, 0.717) is 11.6 Å². The molecule has 1 aliphatic carbocycles. The second-order valence-corrected chi connectivity index (χ2v) is 9.61. The van der Waals surface area contributed by atoms with Gasteiger partial charge >= 0.3 is 0 Å². The first kappa shape index (κ1) is 20.0. The van der Waals surface area contributed by atoms with Gasteiger partial charge in [-0.05, 0) is 62.3 Å². The van der Waals surface area contributed by atoms with Gasteiger partial charge in [-0.15, -0.1) is 0 Å². The summed E-state index contributed by atoms with van der Waals surface area (Å²) in [4.78, 5) is 14.5. The Morgan fingerprint density at radius 1 is 1.04 bits per heavy atom. The molecule has 0 spiro atoms. The summed E-state index contributed by atoms with van der Waals surface area (Å²) in [6.07, 6.45) is 7.95. The molecular formula is C20H31N3O3S. The number of rotatable bonds is 6. The Bertz CT molecular complexity index is 727. The van der Waals surface area contributed by atoms with Crippen LogP contribution in [0, 0.1) is 5.92 Å². The lowest BCUT2D eigenvalue weighted by molar-refractivity contribution is -0.119. The van der Waals surface area contributed by atoms with Crippen molar-refractivity contribution in [3.8, 4) is 0 Å². The first-order valence-corrected chi connectivity index (χ1v) is 11.7. The Labute approximate surface area is 162 Å². The summed E-state index contributed by atoms with van der Waals surface area (Å²) >= 11 is 0. The molecule has 2 N–H and O–H groups in total. The first-order chi connectivity index (χ1) is 12.9. The maximum Gasteiger partial charge on any atom is 0.241 e. The van der Waals surface area contributed by atoms with Crippen LogP contribution in [0.1, 0.15) is 51.9 Å². The molecule has 1 aromatic rings. The fraction of sp³-hybridized carbons (Fsp3) is 0.650. The van der Waals surface area contributed by atoms with Crippen LogP contribution in [0.5, 0.6) is 0 Å². The van der Waals surface area contributed by atoms with Crippen LogP contribution in [0.3, 0.4) is 0 Å². The maximum absolute atomic E-state index is 12.3. The molecule has 1 aromatic carbocycles. The highest BCUT2D eigenvalue weighted by Gasteiger charge is 2.25. The van der Waals surface area contributed by atoms with Crippen molar-refractivity contribution in [2.45, 2.75) is 57.9 Å². The highest BCUT2D eigenvalue weighted by Crippen LogP contribution is 2.24. The van der Waals surface area contributed by atoms with Crippen molar-refractivity contribution in [1.82, 2.24) is 5.32 Å². The third-order valence-electron chi connectivity index (χ3n) is 5.64. The quantitative estimate of drug-likeness (QED) is 0.778. The SMILES string of the molecule is CC1CCCCC1NC(=O)CS(=O)(=O)Nc1ccc(N2CCCCC2)cc1. The highest BCUT2D eigenvalue weighted by molar-refractivity contribution is 7.93. The zero-order chi connectivity index (χ0) is 19.3. The van der Waals surface area contributed by atoms with Gasteiger partial charge in [0, 0.05) is 30.5 Å². The van der Waals surface area contributed by atoms with E-state index in [1.807, 2.05) is 12.1 Å². The van der Waals surface area contributed by atoms with Gasteiger partial charge in [-0.2, -0.15) is 0 Å². The third-order valence-corrected chi connectivity index (χ3v) is 6.83. The number of carbonyl (C=O) groups excluding carboxylic acids is 1. The number of nitrogens with zero attached hydrogens (tertiary/aromatic N) is 1. The molecule has 0 radical (unpaired) electrons. The number of nitrogens with one attached hydrogen (secondary N) is 2. The minimum Gasteiger partial charge on any atom is -0.372 e. The monoisotopic (exact) mass is 393 g/mol. The Morgan fingerprint density at radius 3 is 2.37 bits per heavy atom. The molecule has 27 heavy (non-hydrogen) atoms. The molecule has 2 atom stereocenters. The molecular weight excluding hydrogens is 362 g/mol. The third kappa shape index (κ3) is 5.86. The summed E-state index contributed by atoms with van der Waals surface area (Å²) in [6, 6.07) is 7.50. The Morgan fingerprint density at radius 2 is 1.70 bits per heavy atom. The molecule has 2 unspecified atom stereocenters. The van der Waals surface area contributed by atoms with Crippen molar-refractivity contribution in [3.05, 3.63) is 24.3 Å². The average Bonchev–Trinajstić information content (AvgIpc) is 2.64. The van der Waals surface area contributed by atoms with E-state index in [0.717, 1.165) is 38.0 Å². The van der Waals surface area contributed by atoms with Crippen LogP contribution >= 0.6 is 0 Å². The van der Waals surface area contributed by atoms with Crippen molar-refractivity contribution in [1.29, 1.82) is 0 Å². The smallest absolute Gasteiger partial charge is 0.241 e. The summed E-state index contributed by atoms with van der Waals surface area (Å²) in [6.45, 7) is 4.20. The van der Waals surface area contributed by atoms with Crippen LogP contribution in [-0.2, 0) is 14.8 Å². The van der Waals surface area contributed by atoms with Gasteiger partial charge in [0.25, 0.3) is 0 Å². The van der Waals surface area contributed by atoms with E-state index in [-0.39, 0.29) is 6.04 Å². The lowest BCUT2D eigenvalue weighted by Crippen LogP contribution is -2.44. The predicted molar refractivity (Wildman–Crippen MR) is 109 cm³/mol. The van der Waals surface area contributed by atoms with Gasteiger partial charge in [0.15, 0.2) is 0 Å². The van der Waals surface area contributed by atoms with E-state index in [1.165, 1.54) is 25.7 Å². The second kappa shape index (κ2) is 8.95. The number of amides is 1. The minimum absolute atomic E-state index is 0.0882. The number of sulfonamides is 1. The molecule has 1 amide bonds. The number of piperidine rings is 1. The zero-order valence-electron chi connectivity index (χ0n) is 16.1. The van der Waals surface area contributed by atoms with Crippen molar-refractivity contribution in [3.63, 3.8) is 0 Å². The van der Waals surface area contributed by atoms with Crippen LogP contribution in [0.4, 0.5) is 11.4 Å². The first-order valence-electron chi connectivity index (χ1n) is 10.1. The Kier molecular flexibility index (Phi) is 6.63. The molecule has 1 saturated carbocycles. The van der Waals surface area contributed by atoms with E-state index in [9.17, 15) is 13.2 Å². The van der Waals surface area contributed by atoms with E-state index in [2.05, 4.69) is 21.9 Å². The molecule has 3 rings (SSSR count). The molecule has 7 heteroatoms. The molecule has 150 valence electrons. The number of anilines is 2. The predicted octanol–water partition coefficient (Wildman–Crippen LogP) is 3.11. The van der Waals surface area contributed by atoms with Crippen LogP contribution < -0.4 is 14.9 Å². The van der Waals surface area contributed by atoms with Crippen LogP contribution in [0.15, 0.2) is 24.3 Å². The van der Waals surface area contributed by atoms with E-state index < -0.39 is 21.7 Å². The number of carbonyl (C=O) groups is 1. The fourth-order valence-corrected chi connectivity index (χ4v) is 5.06. The van der Waals surface area contributed by atoms with Crippen molar-refractivity contribution in [2.75, 3.05) is 28.5 Å². The summed E-state index contributed by atoms with van der Waals surface area (Å²) in [5.41, 5.74) is 1.61. The van der Waals surface area contributed by atoms with Crippen molar-refractivity contribution in [2.24, 2.45) is 5.92 Å². The molecule has 2 aliphatic rings. The normalized spacial score (nSPS) is 23.7. The number of hydrogen-bond acceptors (Lipinski definition) is 4. The minimum atomic E-state index is -3.72. The Hall–Kier alpha value is -1.76. The molecule has 1 aliphatic heterocycles. The van der Waals surface area contributed by atoms with Gasteiger partial charge in [0.2, 0.25) is 15.9 Å². The van der Waals surface area contributed by atoms with Gasteiger partial charge in [-0.25, -0.2) is 8.42 Å². The summed E-state index contributed by atoms with van der Waals surface area (Å²) in [7, 11) is -3.72. The number of hydrogen-bond donors (Lipinski definition) is 2. The standard InChI is InChI=1S/C20H31N3O3S/c1-16-7-3-4-8-19(16)21-20(24)15-27(25,26)22-17-9-11-18(12-10-17)23-13-5-2-6-14-23/h9-12,16,19,22H,2-8,13-15H2,1H3,(H,21,24). The Balaban J connectivity index is 1.53. The summed E-state index contributed by atoms with van der Waals surface area (Å²) in [5.74, 6) is -0.559. The molecule has 0 aromatic heterocycles. The van der Waals surface area contributed by atoms with Gasteiger partial charge in [-0.1, -0.05) is 19.8 Å². The molecule has 6 nitrogen and oxygen atoms in total.